The number of carbonyl (C=O) groups is 1. The van der Waals surface area contributed by atoms with Gasteiger partial charge in [0.2, 0.25) is 0 Å². The van der Waals surface area contributed by atoms with Crippen molar-refractivity contribution in [1.29, 1.82) is 0 Å². The molecule has 3 nitrogen and oxygen atoms in total. The van der Waals surface area contributed by atoms with Crippen LogP contribution in [0.15, 0.2) is 36.4 Å². The first-order valence-corrected chi connectivity index (χ1v) is 5.98. The minimum absolute atomic E-state index is 0.0214. The summed E-state index contributed by atoms with van der Waals surface area (Å²) < 4.78 is 13.6. The molecule has 2 rings (SSSR count). The fourth-order valence-electron chi connectivity index (χ4n) is 1.69. The van der Waals surface area contributed by atoms with Crippen molar-refractivity contribution >= 4 is 28.9 Å². The number of hydrogen-bond donors (Lipinski definition) is 2. The number of amides is 1. The fraction of sp³-hybridized carbons (Fsp3) is 0.0714. The molecule has 0 unspecified atom stereocenters. The van der Waals surface area contributed by atoms with Gasteiger partial charge in [-0.2, -0.15) is 0 Å². The summed E-state index contributed by atoms with van der Waals surface area (Å²) in [6.45, 7) is 1.77. The van der Waals surface area contributed by atoms with Gasteiger partial charge >= 0.3 is 0 Å². The molecule has 2 aromatic rings. The maximum Gasteiger partial charge on any atom is 0.256 e. The zero-order valence-electron chi connectivity index (χ0n) is 10.2. The van der Waals surface area contributed by atoms with E-state index in [1.54, 1.807) is 19.1 Å². The predicted octanol–water partition coefficient (Wildman–Crippen LogP) is 3.62. The summed E-state index contributed by atoms with van der Waals surface area (Å²) in [6, 6.07) is 9.17. The molecule has 98 valence electrons. The molecular formula is C14H12ClFN2O. The normalized spacial score (nSPS) is 10.3. The smallest absolute Gasteiger partial charge is 0.256 e. The molecule has 0 radical (unpaired) electrons. The number of carbonyl (C=O) groups excluding carboxylic acids is 1. The van der Waals surface area contributed by atoms with Crippen LogP contribution in [0.5, 0.6) is 0 Å². The number of para-hydroxylation sites is 1. The van der Waals surface area contributed by atoms with Gasteiger partial charge in [-0.15, -0.1) is 0 Å². The maximum absolute atomic E-state index is 13.6. The Balaban J connectivity index is 2.34. The molecule has 0 saturated carbocycles. The zero-order valence-corrected chi connectivity index (χ0v) is 11.0. The molecule has 0 fully saturated rings. The van der Waals surface area contributed by atoms with Gasteiger partial charge < -0.3 is 11.1 Å². The highest BCUT2D eigenvalue weighted by molar-refractivity contribution is 6.31. The van der Waals surface area contributed by atoms with E-state index in [0.29, 0.717) is 10.6 Å². The highest BCUT2D eigenvalue weighted by Gasteiger charge is 2.14. The highest BCUT2D eigenvalue weighted by atomic mass is 35.5. The zero-order chi connectivity index (χ0) is 14.0. The number of halogens is 2. The number of rotatable bonds is 2. The van der Waals surface area contributed by atoms with Crippen LogP contribution in [0.25, 0.3) is 0 Å². The Morgan fingerprint density at radius 2 is 2.05 bits per heavy atom. The fourth-order valence-corrected chi connectivity index (χ4v) is 1.86. The van der Waals surface area contributed by atoms with E-state index in [1.165, 1.54) is 24.3 Å². The number of anilines is 2. The van der Waals surface area contributed by atoms with Gasteiger partial charge in [-0.1, -0.05) is 23.7 Å². The van der Waals surface area contributed by atoms with E-state index < -0.39 is 11.7 Å². The van der Waals surface area contributed by atoms with Crippen molar-refractivity contribution in [3.8, 4) is 0 Å². The van der Waals surface area contributed by atoms with Gasteiger partial charge in [0.1, 0.15) is 11.5 Å². The third kappa shape index (κ3) is 2.85. The summed E-state index contributed by atoms with van der Waals surface area (Å²) in [6.07, 6.45) is 0. The first-order valence-electron chi connectivity index (χ1n) is 5.60. The predicted molar refractivity (Wildman–Crippen MR) is 75.0 cm³/mol. The van der Waals surface area contributed by atoms with Crippen LogP contribution in [0.2, 0.25) is 5.02 Å². The van der Waals surface area contributed by atoms with Crippen LogP contribution in [0, 0.1) is 12.7 Å². The first-order chi connectivity index (χ1) is 8.99. The molecule has 0 saturated heterocycles. The number of nitrogens with one attached hydrogen (secondary N) is 1. The Bertz CT molecular complexity index is 623. The Morgan fingerprint density at radius 3 is 2.74 bits per heavy atom. The second kappa shape index (κ2) is 5.28. The van der Waals surface area contributed by atoms with Crippen molar-refractivity contribution in [1.82, 2.24) is 0 Å². The second-order valence-corrected chi connectivity index (χ2v) is 4.55. The van der Waals surface area contributed by atoms with Crippen molar-refractivity contribution in [3.05, 3.63) is 58.4 Å². The van der Waals surface area contributed by atoms with Crippen LogP contribution >= 0.6 is 11.6 Å². The van der Waals surface area contributed by atoms with Crippen molar-refractivity contribution in [2.24, 2.45) is 0 Å². The van der Waals surface area contributed by atoms with E-state index in [1.807, 2.05) is 0 Å². The Kier molecular flexibility index (Phi) is 3.71. The summed E-state index contributed by atoms with van der Waals surface area (Å²) in [5.41, 5.74) is 6.92. The SMILES string of the molecule is Cc1ccc(Cl)cc1C(=O)Nc1c(N)cccc1F. The molecule has 0 heterocycles. The van der Waals surface area contributed by atoms with Crippen LogP contribution in [-0.4, -0.2) is 5.91 Å². The summed E-state index contributed by atoms with van der Waals surface area (Å²) >= 11 is 5.85. The molecule has 0 bridgehead atoms. The Morgan fingerprint density at radius 1 is 1.32 bits per heavy atom. The number of hydrogen-bond acceptors (Lipinski definition) is 2. The van der Waals surface area contributed by atoms with Crippen molar-refractivity contribution < 1.29 is 9.18 Å². The van der Waals surface area contributed by atoms with Gasteiger partial charge in [0.25, 0.3) is 5.91 Å². The van der Waals surface area contributed by atoms with Gasteiger partial charge in [-0.25, -0.2) is 4.39 Å². The standard InChI is InChI=1S/C14H12ClFN2O/c1-8-5-6-9(15)7-10(8)14(19)18-13-11(16)3-2-4-12(13)17/h2-7H,17H2,1H3,(H,18,19). The van der Waals surface area contributed by atoms with Crippen LogP contribution in [0.4, 0.5) is 15.8 Å². The lowest BCUT2D eigenvalue weighted by molar-refractivity contribution is 0.102. The maximum atomic E-state index is 13.6. The molecule has 0 aliphatic carbocycles. The third-order valence-corrected chi connectivity index (χ3v) is 2.96. The Labute approximate surface area is 115 Å². The first kappa shape index (κ1) is 13.4. The summed E-state index contributed by atoms with van der Waals surface area (Å²) in [4.78, 5) is 12.1. The molecule has 0 spiro atoms. The molecule has 19 heavy (non-hydrogen) atoms. The van der Waals surface area contributed by atoms with Gasteiger partial charge in [-0.3, -0.25) is 4.79 Å². The molecule has 1 amide bonds. The highest BCUT2D eigenvalue weighted by Crippen LogP contribution is 2.23. The van der Waals surface area contributed by atoms with Crippen molar-refractivity contribution in [2.75, 3.05) is 11.1 Å². The summed E-state index contributed by atoms with van der Waals surface area (Å²) in [7, 11) is 0. The lowest BCUT2D eigenvalue weighted by Gasteiger charge is -2.10. The lowest BCUT2D eigenvalue weighted by Crippen LogP contribution is -2.15. The molecule has 0 aliphatic rings. The number of nitrogens with two attached hydrogens (primary N) is 1. The minimum atomic E-state index is -0.576. The molecule has 0 aromatic heterocycles. The van der Waals surface area contributed by atoms with Crippen LogP contribution in [0.1, 0.15) is 15.9 Å². The molecular weight excluding hydrogens is 267 g/mol. The Hall–Kier alpha value is -2.07. The summed E-state index contributed by atoms with van der Waals surface area (Å²) in [5.74, 6) is -1.02. The van der Waals surface area contributed by atoms with Crippen molar-refractivity contribution in [2.45, 2.75) is 6.92 Å². The lowest BCUT2D eigenvalue weighted by atomic mass is 10.1. The van der Waals surface area contributed by atoms with Gasteiger partial charge in [0, 0.05) is 10.6 Å². The van der Waals surface area contributed by atoms with E-state index in [0.717, 1.165) is 5.56 Å². The monoisotopic (exact) mass is 278 g/mol. The quantitative estimate of drug-likeness (QED) is 0.824. The average Bonchev–Trinajstić information content (AvgIpc) is 2.37. The molecule has 5 heteroatoms. The van der Waals surface area contributed by atoms with Crippen LogP contribution in [0.3, 0.4) is 0 Å². The van der Waals surface area contributed by atoms with Crippen LogP contribution in [-0.2, 0) is 0 Å². The van der Waals surface area contributed by atoms with Gasteiger partial charge in [0.05, 0.1) is 5.69 Å². The number of benzene rings is 2. The third-order valence-electron chi connectivity index (χ3n) is 2.73. The molecule has 3 N–H and O–H groups in total. The van der Waals surface area contributed by atoms with Crippen LogP contribution < -0.4 is 11.1 Å². The van der Waals surface area contributed by atoms with Gasteiger partial charge in [-0.05, 0) is 36.8 Å². The molecule has 0 atom stereocenters. The molecule has 2 aromatic carbocycles. The second-order valence-electron chi connectivity index (χ2n) is 4.12. The van der Waals surface area contributed by atoms with E-state index in [-0.39, 0.29) is 11.4 Å². The van der Waals surface area contributed by atoms with E-state index in [9.17, 15) is 9.18 Å². The van der Waals surface area contributed by atoms with E-state index in [4.69, 9.17) is 17.3 Å². The van der Waals surface area contributed by atoms with E-state index in [2.05, 4.69) is 5.32 Å². The number of aryl methyl sites for hydroxylation is 1. The summed E-state index contributed by atoms with van der Waals surface area (Å²) in [5, 5.41) is 2.91. The van der Waals surface area contributed by atoms with Gasteiger partial charge in [0.15, 0.2) is 0 Å². The van der Waals surface area contributed by atoms with Crippen molar-refractivity contribution in [3.63, 3.8) is 0 Å². The van der Waals surface area contributed by atoms with E-state index >= 15 is 0 Å². The number of nitrogen functional groups attached to an aromatic ring is 1. The molecule has 0 aliphatic heterocycles. The topological polar surface area (TPSA) is 55.1 Å². The minimum Gasteiger partial charge on any atom is -0.397 e. The average molecular weight is 279 g/mol. The largest absolute Gasteiger partial charge is 0.397 e.